The average molecular weight is 424 g/mol. The van der Waals surface area contributed by atoms with Gasteiger partial charge in [0.1, 0.15) is 5.82 Å². The molecule has 31 heavy (non-hydrogen) atoms. The molecule has 2 aromatic rings. The molecule has 0 bridgehead atoms. The first kappa shape index (κ1) is 24.0. The topological polar surface area (TPSA) is 12.9 Å². The molecule has 0 saturated heterocycles. The van der Waals surface area contributed by atoms with Gasteiger partial charge in [0.15, 0.2) is 0 Å². The van der Waals surface area contributed by atoms with Crippen LogP contribution < -0.4 is 0 Å². The van der Waals surface area contributed by atoms with Gasteiger partial charge < -0.3 is 0 Å². The standard InChI is InChI=1S/C29H42FN/c1-3-5-7-9-23-11-13-24(14-12-23)15-16-25-17-19-27(28(30)21-25)29-20-18-26(22-31-29)10-8-6-4-2/h17-24H,3-16H2,1-2H3. The van der Waals surface area contributed by atoms with E-state index in [1.54, 1.807) is 6.07 Å². The zero-order valence-electron chi connectivity index (χ0n) is 19.8. The van der Waals surface area contributed by atoms with E-state index in [-0.39, 0.29) is 5.82 Å². The lowest BCUT2D eigenvalue weighted by Gasteiger charge is -2.28. The molecular formula is C29H42FN. The normalized spacial score (nSPS) is 18.9. The van der Waals surface area contributed by atoms with Gasteiger partial charge in [0.25, 0.3) is 0 Å². The molecule has 0 atom stereocenters. The molecule has 0 unspecified atom stereocenters. The van der Waals surface area contributed by atoms with Crippen molar-refractivity contribution in [3.8, 4) is 11.3 Å². The van der Waals surface area contributed by atoms with Crippen molar-refractivity contribution in [3.05, 3.63) is 53.5 Å². The minimum absolute atomic E-state index is 0.136. The number of nitrogens with zero attached hydrogens (tertiary/aromatic N) is 1. The van der Waals surface area contributed by atoms with Crippen LogP contribution in [0, 0.1) is 17.7 Å². The highest BCUT2D eigenvalue weighted by molar-refractivity contribution is 5.60. The van der Waals surface area contributed by atoms with Crippen molar-refractivity contribution >= 4 is 0 Å². The summed E-state index contributed by atoms with van der Waals surface area (Å²) in [6, 6.07) is 9.84. The van der Waals surface area contributed by atoms with E-state index in [2.05, 4.69) is 31.0 Å². The summed E-state index contributed by atoms with van der Waals surface area (Å²) in [4.78, 5) is 4.53. The number of hydrogen-bond donors (Lipinski definition) is 0. The molecular weight excluding hydrogens is 381 g/mol. The first-order chi connectivity index (χ1) is 15.2. The molecule has 0 spiro atoms. The van der Waals surface area contributed by atoms with E-state index >= 15 is 0 Å². The maximum atomic E-state index is 14.8. The molecule has 1 saturated carbocycles. The van der Waals surface area contributed by atoms with Crippen LogP contribution in [-0.4, -0.2) is 4.98 Å². The third-order valence-electron chi connectivity index (χ3n) is 7.23. The summed E-state index contributed by atoms with van der Waals surface area (Å²) in [5.41, 5.74) is 3.73. The van der Waals surface area contributed by atoms with E-state index in [1.807, 2.05) is 18.3 Å². The fraction of sp³-hybridized carbons (Fsp3) is 0.621. The average Bonchev–Trinajstić information content (AvgIpc) is 2.80. The molecule has 1 heterocycles. The summed E-state index contributed by atoms with van der Waals surface area (Å²) < 4.78 is 14.8. The number of hydrogen-bond acceptors (Lipinski definition) is 1. The van der Waals surface area contributed by atoms with Crippen LogP contribution in [0.1, 0.15) is 102 Å². The molecule has 0 aliphatic heterocycles. The Labute approximate surface area is 189 Å². The molecule has 1 fully saturated rings. The molecule has 0 amide bonds. The Morgan fingerprint density at radius 2 is 1.45 bits per heavy atom. The Hall–Kier alpha value is -1.70. The lowest BCUT2D eigenvalue weighted by atomic mass is 9.78. The third kappa shape index (κ3) is 7.74. The van der Waals surface area contributed by atoms with Crippen molar-refractivity contribution in [1.29, 1.82) is 0 Å². The first-order valence-corrected chi connectivity index (χ1v) is 12.9. The van der Waals surface area contributed by atoms with Crippen LogP contribution in [0.3, 0.4) is 0 Å². The molecule has 1 aromatic carbocycles. The van der Waals surface area contributed by atoms with Crippen LogP contribution in [0.4, 0.5) is 4.39 Å². The zero-order valence-corrected chi connectivity index (χ0v) is 19.8. The number of aromatic nitrogens is 1. The van der Waals surface area contributed by atoms with Gasteiger partial charge >= 0.3 is 0 Å². The molecule has 1 nitrogen and oxygen atoms in total. The van der Waals surface area contributed by atoms with Crippen molar-refractivity contribution < 1.29 is 4.39 Å². The monoisotopic (exact) mass is 423 g/mol. The number of aryl methyl sites for hydroxylation is 2. The molecule has 1 aromatic heterocycles. The Morgan fingerprint density at radius 3 is 2.10 bits per heavy atom. The molecule has 170 valence electrons. The van der Waals surface area contributed by atoms with Gasteiger partial charge in [-0.3, -0.25) is 4.98 Å². The van der Waals surface area contributed by atoms with Gasteiger partial charge in [-0.2, -0.15) is 0 Å². The minimum atomic E-state index is -0.136. The van der Waals surface area contributed by atoms with E-state index in [9.17, 15) is 4.39 Å². The van der Waals surface area contributed by atoms with Gasteiger partial charge in [-0.1, -0.05) is 90.2 Å². The Kier molecular flexibility index (Phi) is 10.0. The van der Waals surface area contributed by atoms with Gasteiger partial charge in [-0.05, 0) is 66.8 Å². The summed E-state index contributed by atoms with van der Waals surface area (Å²) in [7, 11) is 0. The van der Waals surface area contributed by atoms with Crippen molar-refractivity contribution in [1.82, 2.24) is 4.98 Å². The van der Waals surface area contributed by atoms with Crippen LogP contribution in [0.25, 0.3) is 11.3 Å². The van der Waals surface area contributed by atoms with E-state index in [0.717, 1.165) is 35.9 Å². The van der Waals surface area contributed by atoms with Crippen molar-refractivity contribution in [2.45, 2.75) is 104 Å². The zero-order chi connectivity index (χ0) is 21.9. The Morgan fingerprint density at radius 1 is 0.774 bits per heavy atom. The second-order valence-corrected chi connectivity index (χ2v) is 9.74. The van der Waals surface area contributed by atoms with Gasteiger partial charge in [-0.15, -0.1) is 0 Å². The predicted molar refractivity (Wildman–Crippen MR) is 131 cm³/mol. The van der Waals surface area contributed by atoms with Gasteiger partial charge in [-0.25, -0.2) is 4.39 Å². The summed E-state index contributed by atoms with van der Waals surface area (Å²) >= 11 is 0. The summed E-state index contributed by atoms with van der Waals surface area (Å²) in [5, 5.41) is 0. The fourth-order valence-electron chi connectivity index (χ4n) is 5.10. The molecule has 1 aliphatic rings. The van der Waals surface area contributed by atoms with Crippen molar-refractivity contribution in [2.24, 2.45) is 11.8 Å². The maximum absolute atomic E-state index is 14.8. The van der Waals surface area contributed by atoms with Gasteiger partial charge in [0.2, 0.25) is 0 Å². The second-order valence-electron chi connectivity index (χ2n) is 9.74. The van der Waals surface area contributed by atoms with Crippen LogP contribution in [0.2, 0.25) is 0 Å². The third-order valence-corrected chi connectivity index (χ3v) is 7.23. The van der Waals surface area contributed by atoms with Crippen LogP contribution >= 0.6 is 0 Å². The van der Waals surface area contributed by atoms with E-state index in [4.69, 9.17) is 0 Å². The number of unbranched alkanes of at least 4 members (excludes halogenated alkanes) is 4. The number of benzene rings is 1. The van der Waals surface area contributed by atoms with Crippen molar-refractivity contribution in [2.75, 3.05) is 0 Å². The summed E-state index contributed by atoms with van der Waals surface area (Å²) in [5.74, 6) is 1.65. The largest absolute Gasteiger partial charge is 0.256 e. The van der Waals surface area contributed by atoms with Crippen LogP contribution in [0.5, 0.6) is 0 Å². The molecule has 0 N–H and O–H groups in total. The Bertz CT molecular complexity index is 759. The fourth-order valence-corrected chi connectivity index (χ4v) is 5.10. The molecule has 1 aliphatic carbocycles. The highest BCUT2D eigenvalue weighted by Gasteiger charge is 2.20. The predicted octanol–water partition coefficient (Wildman–Crippen LogP) is 8.94. The van der Waals surface area contributed by atoms with Gasteiger partial charge in [0, 0.05) is 11.8 Å². The van der Waals surface area contributed by atoms with Crippen LogP contribution in [0.15, 0.2) is 36.5 Å². The van der Waals surface area contributed by atoms with Crippen molar-refractivity contribution in [3.63, 3.8) is 0 Å². The smallest absolute Gasteiger partial charge is 0.132 e. The molecule has 2 heteroatoms. The molecule has 0 radical (unpaired) electrons. The lowest BCUT2D eigenvalue weighted by Crippen LogP contribution is -2.15. The maximum Gasteiger partial charge on any atom is 0.132 e. The summed E-state index contributed by atoms with van der Waals surface area (Å²) in [6.45, 7) is 4.50. The van der Waals surface area contributed by atoms with E-state index in [1.165, 1.54) is 82.6 Å². The Balaban J connectivity index is 1.46. The minimum Gasteiger partial charge on any atom is -0.256 e. The van der Waals surface area contributed by atoms with Crippen LogP contribution in [-0.2, 0) is 12.8 Å². The second kappa shape index (κ2) is 13.0. The van der Waals surface area contributed by atoms with Gasteiger partial charge in [0.05, 0.1) is 5.69 Å². The van der Waals surface area contributed by atoms with E-state index in [0.29, 0.717) is 5.56 Å². The number of rotatable bonds is 12. The number of halogens is 1. The SMILES string of the molecule is CCCCCc1ccc(-c2ccc(CCC3CCC(CCCCC)CC3)cc2F)nc1. The quantitative estimate of drug-likeness (QED) is 0.310. The first-order valence-electron chi connectivity index (χ1n) is 12.9. The van der Waals surface area contributed by atoms with E-state index < -0.39 is 0 Å². The summed E-state index contributed by atoms with van der Waals surface area (Å²) in [6.07, 6.45) is 19.9. The number of pyridine rings is 1. The highest BCUT2D eigenvalue weighted by Crippen LogP contribution is 2.34. The molecule has 3 rings (SSSR count). The highest BCUT2D eigenvalue weighted by atomic mass is 19.1. The lowest BCUT2D eigenvalue weighted by molar-refractivity contribution is 0.249.